The predicted molar refractivity (Wildman–Crippen MR) is 60.0 cm³/mol. The molecule has 2 heterocycles. The van der Waals surface area contributed by atoms with Gasteiger partial charge in [-0.2, -0.15) is 9.78 Å². The molecule has 2 aromatic rings. The lowest BCUT2D eigenvalue weighted by Gasteiger charge is -2.05. The van der Waals surface area contributed by atoms with Gasteiger partial charge in [0.05, 0.1) is 6.20 Å². The van der Waals surface area contributed by atoms with Gasteiger partial charge in [0.25, 0.3) is 0 Å². The Balaban J connectivity index is 2.57. The quantitative estimate of drug-likeness (QED) is 0.784. The molecule has 0 amide bonds. The van der Waals surface area contributed by atoms with E-state index in [0.717, 1.165) is 5.69 Å². The third-order valence-electron chi connectivity index (χ3n) is 2.21. The Hall–Kier alpha value is -2.44. The maximum atomic E-state index is 10.8. The molecule has 17 heavy (non-hydrogen) atoms. The Morgan fingerprint density at radius 1 is 1.41 bits per heavy atom. The summed E-state index contributed by atoms with van der Waals surface area (Å²) in [4.78, 5) is 19.1. The Labute approximate surface area is 96.9 Å². The zero-order chi connectivity index (χ0) is 12.6. The van der Waals surface area contributed by atoms with Crippen LogP contribution in [0.3, 0.4) is 0 Å². The monoisotopic (exact) mass is 233 g/mol. The summed E-state index contributed by atoms with van der Waals surface area (Å²) in [6, 6.07) is 1.68. The molecule has 0 bridgehead atoms. The van der Waals surface area contributed by atoms with Crippen LogP contribution in [0.15, 0.2) is 12.3 Å². The summed E-state index contributed by atoms with van der Waals surface area (Å²) in [5.74, 6) is -0.0296. The number of aromatic carboxylic acids is 1. The highest BCUT2D eigenvalue weighted by Gasteiger charge is 2.15. The molecular weight excluding hydrogens is 222 g/mol. The van der Waals surface area contributed by atoms with E-state index >= 15 is 0 Å². The highest BCUT2D eigenvalue weighted by molar-refractivity contribution is 5.92. The minimum Gasteiger partial charge on any atom is -0.477 e. The Morgan fingerprint density at radius 2 is 2.12 bits per heavy atom. The van der Waals surface area contributed by atoms with Gasteiger partial charge in [-0.05, 0) is 13.8 Å². The number of carboxylic acids is 1. The van der Waals surface area contributed by atoms with E-state index in [9.17, 15) is 4.79 Å². The summed E-state index contributed by atoms with van der Waals surface area (Å²) in [5.41, 5.74) is 6.42. The number of aryl methyl sites for hydroxylation is 2. The molecule has 2 aromatic heterocycles. The van der Waals surface area contributed by atoms with Crippen LogP contribution < -0.4 is 5.73 Å². The average molecular weight is 233 g/mol. The summed E-state index contributed by atoms with van der Waals surface area (Å²) in [6.07, 6.45) is 1.20. The van der Waals surface area contributed by atoms with Crippen molar-refractivity contribution in [2.24, 2.45) is 0 Å². The number of nitrogens with zero attached hydrogens (tertiary/aromatic N) is 4. The predicted octanol–water partition coefficient (Wildman–Crippen LogP) is 0.560. The first-order valence-electron chi connectivity index (χ1n) is 4.88. The summed E-state index contributed by atoms with van der Waals surface area (Å²) >= 11 is 0. The number of nitrogens with two attached hydrogens (primary N) is 1. The number of nitrogen functional groups attached to an aromatic ring is 1. The van der Waals surface area contributed by atoms with Gasteiger partial charge in [0.2, 0.25) is 0 Å². The number of carbonyl (C=O) groups is 1. The number of hydrogen-bond donors (Lipinski definition) is 2. The standard InChI is InChI=1S/C10H11N5O2/c1-5-3-8(14-6(2)13-5)15-9(11)7(4-12-15)10(16)17/h3-4H,11H2,1-2H3,(H,16,17). The fraction of sp³-hybridized carbons (Fsp3) is 0.200. The van der Waals surface area contributed by atoms with Crippen molar-refractivity contribution in [1.82, 2.24) is 19.7 Å². The molecule has 0 unspecified atom stereocenters. The lowest BCUT2D eigenvalue weighted by atomic mass is 10.3. The van der Waals surface area contributed by atoms with Crippen molar-refractivity contribution >= 4 is 11.8 Å². The number of rotatable bonds is 2. The van der Waals surface area contributed by atoms with E-state index in [1.807, 2.05) is 6.92 Å². The molecule has 7 heteroatoms. The molecule has 0 aliphatic rings. The summed E-state index contributed by atoms with van der Waals surface area (Å²) in [5, 5.41) is 12.8. The van der Waals surface area contributed by atoms with E-state index in [1.54, 1.807) is 13.0 Å². The van der Waals surface area contributed by atoms with Crippen molar-refractivity contribution in [3.8, 4) is 5.82 Å². The Bertz CT molecular complexity index is 570. The molecule has 0 aliphatic carbocycles. The molecule has 3 N–H and O–H groups in total. The molecule has 0 fully saturated rings. The highest BCUT2D eigenvalue weighted by atomic mass is 16.4. The molecule has 0 aromatic carbocycles. The van der Waals surface area contributed by atoms with Crippen LogP contribution in [0.1, 0.15) is 21.9 Å². The third-order valence-corrected chi connectivity index (χ3v) is 2.21. The topological polar surface area (TPSA) is 107 Å². The van der Waals surface area contributed by atoms with Crippen LogP contribution in [0.4, 0.5) is 5.82 Å². The molecule has 7 nitrogen and oxygen atoms in total. The molecule has 0 saturated carbocycles. The fourth-order valence-corrected chi connectivity index (χ4v) is 1.51. The second-order valence-electron chi connectivity index (χ2n) is 3.58. The van der Waals surface area contributed by atoms with Crippen LogP contribution in [0.5, 0.6) is 0 Å². The van der Waals surface area contributed by atoms with E-state index in [1.165, 1.54) is 10.9 Å². The van der Waals surface area contributed by atoms with Gasteiger partial charge in [-0.25, -0.2) is 14.8 Å². The van der Waals surface area contributed by atoms with E-state index in [0.29, 0.717) is 11.6 Å². The van der Waals surface area contributed by atoms with Gasteiger partial charge < -0.3 is 10.8 Å². The Kier molecular flexibility index (Phi) is 2.51. The van der Waals surface area contributed by atoms with Crippen LogP contribution in [-0.2, 0) is 0 Å². The van der Waals surface area contributed by atoms with Gasteiger partial charge in [0.1, 0.15) is 17.2 Å². The van der Waals surface area contributed by atoms with Crippen LogP contribution >= 0.6 is 0 Å². The lowest BCUT2D eigenvalue weighted by Crippen LogP contribution is -2.08. The number of carboxylic acid groups (broad SMARTS) is 1. The van der Waals surface area contributed by atoms with Gasteiger partial charge in [0.15, 0.2) is 5.82 Å². The van der Waals surface area contributed by atoms with Crippen molar-refractivity contribution in [2.75, 3.05) is 5.73 Å². The molecule has 2 rings (SSSR count). The molecular formula is C10H11N5O2. The normalized spacial score (nSPS) is 10.5. The number of hydrogen-bond acceptors (Lipinski definition) is 5. The van der Waals surface area contributed by atoms with Crippen molar-refractivity contribution in [3.05, 3.63) is 29.3 Å². The van der Waals surface area contributed by atoms with Crippen LogP contribution in [0.25, 0.3) is 5.82 Å². The van der Waals surface area contributed by atoms with Crippen LogP contribution in [0.2, 0.25) is 0 Å². The maximum Gasteiger partial charge on any atom is 0.341 e. The summed E-state index contributed by atoms with van der Waals surface area (Å²) in [6.45, 7) is 3.56. The maximum absolute atomic E-state index is 10.8. The molecule has 0 aliphatic heterocycles. The fourth-order valence-electron chi connectivity index (χ4n) is 1.51. The van der Waals surface area contributed by atoms with Gasteiger partial charge in [-0.1, -0.05) is 0 Å². The molecule has 0 saturated heterocycles. The van der Waals surface area contributed by atoms with Gasteiger partial charge in [-0.15, -0.1) is 0 Å². The van der Waals surface area contributed by atoms with Crippen LogP contribution in [0, 0.1) is 13.8 Å². The largest absolute Gasteiger partial charge is 0.477 e. The minimum atomic E-state index is -1.11. The summed E-state index contributed by atoms with van der Waals surface area (Å²) in [7, 11) is 0. The minimum absolute atomic E-state index is 0.0427. The molecule has 0 spiro atoms. The third kappa shape index (κ3) is 1.94. The molecule has 0 radical (unpaired) electrons. The van der Waals surface area contributed by atoms with Gasteiger partial charge >= 0.3 is 5.97 Å². The van der Waals surface area contributed by atoms with Crippen molar-refractivity contribution in [3.63, 3.8) is 0 Å². The van der Waals surface area contributed by atoms with E-state index in [2.05, 4.69) is 15.1 Å². The van der Waals surface area contributed by atoms with E-state index < -0.39 is 5.97 Å². The smallest absolute Gasteiger partial charge is 0.341 e. The van der Waals surface area contributed by atoms with E-state index in [-0.39, 0.29) is 11.4 Å². The first kappa shape index (κ1) is 11.1. The zero-order valence-corrected chi connectivity index (χ0v) is 9.38. The number of aromatic nitrogens is 4. The highest BCUT2D eigenvalue weighted by Crippen LogP contribution is 2.16. The first-order valence-corrected chi connectivity index (χ1v) is 4.88. The van der Waals surface area contributed by atoms with Crippen molar-refractivity contribution < 1.29 is 9.90 Å². The second kappa shape index (κ2) is 3.85. The lowest BCUT2D eigenvalue weighted by molar-refractivity contribution is 0.0698. The van der Waals surface area contributed by atoms with Crippen molar-refractivity contribution in [1.29, 1.82) is 0 Å². The number of anilines is 1. The van der Waals surface area contributed by atoms with Crippen molar-refractivity contribution in [2.45, 2.75) is 13.8 Å². The first-order chi connectivity index (χ1) is 7.99. The Morgan fingerprint density at radius 3 is 2.65 bits per heavy atom. The van der Waals surface area contributed by atoms with Gasteiger partial charge in [0, 0.05) is 11.8 Å². The zero-order valence-electron chi connectivity index (χ0n) is 9.38. The SMILES string of the molecule is Cc1cc(-n2ncc(C(=O)O)c2N)nc(C)n1. The molecule has 88 valence electrons. The van der Waals surface area contributed by atoms with Gasteiger partial charge in [-0.3, -0.25) is 0 Å². The average Bonchev–Trinajstić information content (AvgIpc) is 2.58. The summed E-state index contributed by atoms with van der Waals surface area (Å²) < 4.78 is 1.28. The second-order valence-corrected chi connectivity index (χ2v) is 3.58. The van der Waals surface area contributed by atoms with E-state index in [4.69, 9.17) is 10.8 Å². The van der Waals surface area contributed by atoms with Crippen LogP contribution in [-0.4, -0.2) is 30.8 Å². The molecule has 0 atom stereocenters.